The Morgan fingerprint density at radius 1 is 1.12 bits per heavy atom. The molecule has 1 atom stereocenters. The third kappa shape index (κ3) is 4.74. The summed E-state index contributed by atoms with van der Waals surface area (Å²) in [5, 5.41) is 15.1. The molecule has 34 heavy (non-hydrogen) atoms. The Bertz CT molecular complexity index is 1280. The first-order chi connectivity index (χ1) is 16.4. The highest BCUT2D eigenvalue weighted by Crippen LogP contribution is 2.25. The van der Waals surface area contributed by atoms with Crippen LogP contribution in [-0.2, 0) is 16.0 Å². The van der Waals surface area contributed by atoms with E-state index < -0.39 is 17.9 Å². The van der Waals surface area contributed by atoms with Crippen molar-refractivity contribution in [2.75, 3.05) is 7.05 Å². The van der Waals surface area contributed by atoms with Gasteiger partial charge in [0.25, 0.3) is 11.8 Å². The van der Waals surface area contributed by atoms with Gasteiger partial charge in [0.1, 0.15) is 23.3 Å². The van der Waals surface area contributed by atoms with E-state index >= 15 is 0 Å². The van der Waals surface area contributed by atoms with Crippen LogP contribution in [0.1, 0.15) is 21.7 Å². The van der Waals surface area contributed by atoms with Gasteiger partial charge in [0.05, 0.1) is 0 Å². The van der Waals surface area contributed by atoms with Crippen molar-refractivity contribution < 1.29 is 23.9 Å². The minimum absolute atomic E-state index is 0.0242. The molecule has 1 fully saturated rings. The van der Waals surface area contributed by atoms with Gasteiger partial charge < -0.3 is 20.2 Å². The number of nitrogens with one attached hydrogen (secondary N) is 2. The molecule has 0 saturated carbocycles. The first kappa shape index (κ1) is 22.9. The van der Waals surface area contributed by atoms with Crippen molar-refractivity contribution in [3.05, 3.63) is 89.3 Å². The molecule has 1 aliphatic rings. The highest BCUT2D eigenvalue weighted by Gasteiger charge is 2.39. The van der Waals surface area contributed by atoms with Gasteiger partial charge >= 0.3 is 5.97 Å². The Balaban J connectivity index is 1.54. The first-order valence-corrected chi connectivity index (χ1v) is 10.8. The van der Waals surface area contributed by atoms with Gasteiger partial charge in [-0.05, 0) is 42.0 Å². The largest absolute Gasteiger partial charge is 0.480 e. The van der Waals surface area contributed by atoms with Gasteiger partial charge in [0.15, 0.2) is 5.11 Å². The molecule has 0 radical (unpaired) electrons. The Labute approximate surface area is 200 Å². The van der Waals surface area contributed by atoms with Gasteiger partial charge in [0, 0.05) is 30.7 Å². The van der Waals surface area contributed by atoms with Crippen LogP contribution in [0.25, 0.3) is 17.4 Å². The van der Waals surface area contributed by atoms with Crippen molar-refractivity contribution in [1.82, 2.24) is 15.5 Å². The van der Waals surface area contributed by atoms with Gasteiger partial charge in [-0.2, -0.15) is 0 Å². The summed E-state index contributed by atoms with van der Waals surface area (Å²) in [6, 6.07) is 18.2. The lowest BCUT2D eigenvalue weighted by molar-refractivity contribution is -0.145. The van der Waals surface area contributed by atoms with Crippen LogP contribution < -0.4 is 10.6 Å². The van der Waals surface area contributed by atoms with E-state index in [0.717, 1.165) is 16.0 Å². The molecule has 0 bridgehead atoms. The maximum Gasteiger partial charge on any atom is 0.327 e. The quantitative estimate of drug-likeness (QED) is 0.356. The fourth-order valence-electron chi connectivity index (χ4n) is 3.62. The van der Waals surface area contributed by atoms with E-state index in [-0.39, 0.29) is 23.1 Å². The van der Waals surface area contributed by atoms with Gasteiger partial charge in [-0.25, -0.2) is 4.79 Å². The summed E-state index contributed by atoms with van der Waals surface area (Å²) in [5.74, 6) is -0.938. The van der Waals surface area contributed by atoms with Gasteiger partial charge in [-0.15, -0.1) is 0 Å². The first-order valence-electron chi connectivity index (χ1n) is 10.4. The van der Waals surface area contributed by atoms with Crippen LogP contribution in [0.15, 0.2) is 76.8 Å². The smallest absolute Gasteiger partial charge is 0.327 e. The number of amides is 2. The van der Waals surface area contributed by atoms with Crippen molar-refractivity contribution in [2.24, 2.45) is 0 Å². The molecule has 2 aromatic carbocycles. The molecule has 4 rings (SSSR count). The van der Waals surface area contributed by atoms with Crippen LogP contribution in [0.5, 0.6) is 0 Å². The Morgan fingerprint density at radius 2 is 1.82 bits per heavy atom. The number of thiocarbonyl (C=S) groups is 1. The minimum Gasteiger partial charge on any atom is -0.480 e. The number of benzene rings is 2. The van der Waals surface area contributed by atoms with Gasteiger partial charge in [-0.1, -0.05) is 42.5 Å². The van der Waals surface area contributed by atoms with Crippen molar-refractivity contribution in [3.8, 4) is 11.3 Å². The second-order valence-corrected chi connectivity index (χ2v) is 7.95. The van der Waals surface area contributed by atoms with E-state index in [9.17, 15) is 19.5 Å². The molecule has 1 aromatic heterocycles. The molecule has 8 nitrogen and oxygen atoms in total. The second kappa shape index (κ2) is 9.72. The lowest BCUT2D eigenvalue weighted by Gasteiger charge is -2.22. The average Bonchev–Trinajstić information content (AvgIpc) is 3.42. The number of carboxylic acid groups (broad SMARTS) is 1. The fourth-order valence-corrected chi connectivity index (χ4v) is 3.94. The SMILES string of the molecule is CNC(=O)c1ccc(-c2ccc(C=C3NC(=S)N(C(Cc4ccccc4)C(=O)O)C3=O)o2)cc1. The van der Waals surface area contributed by atoms with E-state index in [1.54, 1.807) is 55.6 Å². The molecule has 1 unspecified atom stereocenters. The van der Waals surface area contributed by atoms with E-state index in [0.29, 0.717) is 17.1 Å². The second-order valence-electron chi connectivity index (χ2n) is 7.57. The summed E-state index contributed by atoms with van der Waals surface area (Å²) in [6.07, 6.45) is 1.60. The number of carbonyl (C=O) groups is 3. The summed E-state index contributed by atoms with van der Waals surface area (Å²) < 4.78 is 5.83. The Morgan fingerprint density at radius 3 is 2.47 bits per heavy atom. The molecule has 9 heteroatoms. The standard InChI is InChI=1S/C25H21N3O5S/c1-26-22(29)17-9-7-16(8-10-17)21-12-11-18(33-21)14-19-23(30)28(25(34)27-19)20(24(31)32)13-15-5-3-2-4-6-15/h2-12,14,20H,13H2,1H3,(H,26,29)(H,27,34)(H,31,32). The number of furan rings is 1. The predicted octanol–water partition coefficient (Wildman–Crippen LogP) is 3.06. The Kier molecular flexibility index (Phi) is 6.55. The molecule has 3 N–H and O–H groups in total. The van der Waals surface area contributed by atoms with Crippen LogP contribution in [0.4, 0.5) is 0 Å². The van der Waals surface area contributed by atoms with E-state index in [1.165, 1.54) is 6.08 Å². The maximum absolute atomic E-state index is 13.0. The van der Waals surface area contributed by atoms with Crippen molar-refractivity contribution in [3.63, 3.8) is 0 Å². The number of nitrogens with zero attached hydrogens (tertiary/aromatic N) is 1. The summed E-state index contributed by atoms with van der Waals surface area (Å²) >= 11 is 5.27. The van der Waals surface area contributed by atoms with Crippen LogP contribution >= 0.6 is 12.2 Å². The molecule has 172 valence electrons. The molecule has 1 saturated heterocycles. The monoisotopic (exact) mass is 475 g/mol. The number of hydrogen-bond acceptors (Lipinski definition) is 5. The zero-order valence-electron chi connectivity index (χ0n) is 18.1. The molecule has 0 aliphatic carbocycles. The highest BCUT2D eigenvalue weighted by atomic mass is 32.1. The normalized spacial score (nSPS) is 15.3. The third-order valence-corrected chi connectivity index (χ3v) is 5.65. The Hall–Kier alpha value is -4.24. The topological polar surface area (TPSA) is 112 Å². The lowest BCUT2D eigenvalue weighted by atomic mass is 10.0. The van der Waals surface area contributed by atoms with E-state index in [1.807, 2.05) is 18.2 Å². The van der Waals surface area contributed by atoms with Crippen molar-refractivity contribution >= 4 is 41.2 Å². The molecular formula is C25H21N3O5S. The van der Waals surface area contributed by atoms with Gasteiger partial charge in [-0.3, -0.25) is 14.5 Å². The summed E-state index contributed by atoms with van der Waals surface area (Å²) in [4.78, 5) is 37.8. The van der Waals surface area contributed by atoms with Crippen LogP contribution in [0.3, 0.4) is 0 Å². The van der Waals surface area contributed by atoms with E-state index in [2.05, 4.69) is 10.6 Å². The van der Waals surface area contributed by atoms with Crippen LogP contribution in [0.2, 0.25) is 0 Å². The number of hydrogen-bond donors (Lipinski definition) is 3. The minimum atomic E-state index is -1.15. The van der Waals surface area contributed by atoms with Crippen molar-refractivity contribution in [2.45, 2.75) is 12.5 Å². The third-order valence-electron chi connectivity index (χ3n) is 5.35. The van der Waals surface area contributed by atoms with Crippen molar-refractivity contribution in [1.29, 1.82) is 0 Å². The molecular weight excluding hydrogens is 454 g/mol. The number of aliphatic carboxylic acids is 1. The molecule has 3 aromatic rings. The summed E-state index contributed by atoms with van der Waals surface area (Å²) in [7, 11) is 1.56. The van der Waals surface area contributed by atoms with Crippen LogP contribution in [-0.4, -0.2) is 46.0 Å². The fraction of sp³-hybridized carbons (Fsp3) is 0.120. The average molecular weight is 476 g/mol. The maximum atomic E-state index is 13.0. The molecule has 2 amide bonds. The lowest BCUT2D eigenvalue weighted by Crippen LogP contribution is -2.46. The number of carbonyl (C=O) groups excluding carboxylic acids is 2. The predicted molar refractivity (Wildman–Crippen MR) is 130 cm³/mol. The molecule has 2 heterocycles. The summed E-state index contributed by atoms with van der Waals surface area (Å²) in [5.41, 5.74) is 2.19. The number of carboxylic acids is 1. The van der Waals surface area contributed by atoms with Gasteiger partial charge in [0.2, 0.25) is 0 Å². The van der Waals surface area contributed by atoms with E-state index in [4.69, 9.17) is 16.6 Å². The zero-order chi connectivity index (χ0) is 24.2. The molecule has 1 aliphatic heterocycles. The highest BCUT2D eigenvalue weighted by molar-refractivity contribution is 7.80. The summed E-state index contributed by atoms with van der Waals surface area (Å²) in [6.45, 7) is 0. The van der Waals surface area contributed by atoms with Crippen LogP contribution in [0, 0.1) is 0 Å². The number of rotatable bonds is 7. The molecule has 0 spiro atoms. The zero-order valence-corrected chi connectivity index (χ0v) is 19.0.